The van der Waals surface area contributed by atoms with Gasteiger partial charge in [-0.2, -0.15) is 0 Å². The predicted octanol–water partition coefficient (Wildman–Crippen LogP) is 3.09. The predicted molar refractivity (Wildman–Crippen MR) is 81.3 cm³/mol. The highest BCUT2D eigenvalue weighted by molar-refractivity contribution is 5.98. The molecule has 4 nitrogen and oxygen atoms in total. The number of carbonyl (C=O) groups is 1. The zero-order chi connectivity index (χ0) is 15.6. The van der Waals surface area contributed by atoms with Crippen molar-refractivity contribution in [2.75, 3.05) is 18.8 Å². The smallest absolute Gasteiger partial charge is 0.257 e. The van der Waals surface area contributed by atoms with Crippen molar-refractivity contribution in [1.29, 1.82) is 0 Å². The van der Waals surface area contributed by atoms with Gasteiger partial charge >= 0.3 is 0 Å². The van der Waals surface area contributed by atoms with Crippen molar-refractivity contribution in [1.82, 2.24) is 9.88 Å². The van der Waals surface area contributed by atoms with Gasteiger partial charge in [0.1, 0.15) is 11.6 Å². The molecule has 5 heteroatoms. The van der Waals surface area contributed by atoms with Crippen molar-refractivity contribution in [3.63, 3.8) is 0 Å². The van der Waals surface area contributed by atoms with E-state index in [2.05, 4.69) is 25.8 Å². The van der Waals surface area contributed by atoms with E-state index >= 15 is 0 Å². The summed E-state index contributed by atoms with van der Waals surface area (Å²) in [6.45, 7) is 8.11. The van der Waals surface area contributed by atoms with Gasteiger partial charge in [0.15, 0.2) is 0 Å². The van der Waals surface area contributed by atoms with E-state index in [1.54, 1.807) is 4.90 Å². The summed E-state index contributed by atoms with van der Waals surface area (Å²) in [5.41, 5.74) is 6.13. The quantitative estimate of drug-likeness (QED) is 0.865. The van der Waals surface area contributed by atoms with Crippen LogP contribution in [-0.4, -0.2) is 28.9 Å². The first-order chi connectivity index (χ1) is 9.79. The monoisotopic (exact) mass is 293 g/mol. The summed E-state index contributed by atoms with van der Waals surface area (Å²) in [4.78, 5) is 18.0. The van der Waals surface area contributed by atoms with E-state index in [0.29, 0.717) is 19.0 Å². The van der Waals surface area contributed by atoms with Crippen molar-refractivity contribution in [3.05, 3.63) is 23.6 Å². The largest absolute Gasteiger partial charge is 0.383 e. The van der Waals surface area contributed by atoms with E-state index < -0.39 is 5.82 Å². The highest BCUT2D eigenvalue weighted by Crippen LogP contribution is 2.34. The highest BCUT2D eigenvalue weighted by Gasteiger charge is 2.29. The van der Waals surface area contributed by atoms with E-state index in [9.17, 15) is 9.18 Å². The fraction of sp³-hybridized carbons (Fsp3) is 0.625. The lowest BCUT2D eigenvalue weighted by atomic mass is 9.77. The maximum Gasteiger partial charge on any atom is 0.257 e. The second kappa shape index (κ2) is 6.00. The number of pyridine rings is 1. The molecule has 1 amide bonds. The van der Waals surface area contributed by atoms with E-state index in [4.69, 9.17) is 5.73 Å². The van der Waals surface area contributed by atoms with Gasteiger partial charge in [-0.25, -0.2) is 9.37 Å². The molecule has 116 valence electrons. The molecule has 0 spiro atoms. The van der Waals surface area contributed by atoms with Crippen molar-refractivity contribution in [2.24, 2.45) is 11.3 Å². The molecule has 1 aromatic heterocycles. The standard InChI is InChI=1S/C16H24FN3O/c1-16(2,3)11-5-4-7-20(8-6-11)15(21)13-9-12(17)10-19-14(13)18/h9-11H,4-8H2,1-3H3,(H2,18,19). The zero-order valence-corrected chi connectivity index (χ0v) is 13.0. The van der Waals surface area contributed by atoms with Gasteiger partial charge in [0, 0.05) is 13.1 Å². The lowest BCUT2D eigenvalue weighted by molar-refractivity contribution is 0.0756. The van der Waals surface area contributed by atoms with Crippen LogP contribution < -0.4 is 5.73 Å². The number of halogens is 1. The molecule has 0 aromatic carbocycles. The van der Waals surface area contributed by atoms with Crippen molar-refractivity contribution in [3.8, 4) is 0 Å². The molecule has 2 N–H and O–H groups in total. The molecular weight excluding hydrogens is 269 g/mol. The molecule has 0 bridgehead atoms. The Morgan fingerprint density at radius 3 is 2.76 bits per heavy atom. The molecule has 2 rings (SSSR count). The molecule has 0 saturated carbocycles. The van der Waals surface area contributed by atoms with Gasteiger partial charge < -0.3 is 10.6 Å². The summed E-state index contributed by atoms with van der Waals surface area (Å²) in [6, 6.07) is 1.18. The molecule has 1 fully saturated rings. The number of amides is 1. The van der Waals surface area contributed by atoms with Gasteiger partial charge in [-0.3, -0.25) is 4.79 Å². The van der Waals surface area contributed by atoms with Crippen molar-refractivity contribution >= 4 is 11.7 Å². The molecule has 21 heavy (non-hydrogen) atoms. The number of likely N-dealkylation sites (tertiary alicyclic amines) is 1. The van der Waals surface area contributed by atoms with Crippen LogP contribution in [0.5, 0.6) is 0 Å². The number of carbonyl (C=O) groups excluding carboxylic acids is 1. The number of rotatable bonds is 1. The highest BCUT2D eigenvalue weighted by atomic mass is 19.1. The van der Waals surface area contributed by atoms with E-state index in [0.717, 1.165) is 25.5 Å². The molecule has 1 atom stereocenters. The number of anilines is 1. The van der Waals surface area contributed by atoms with Gasteiger partial charge in [0.05, 0.1) is 11.8 Å². The summed E-state index contributed by atoms with van der Waals surface area (Å²) in [5, 5.41) is 0. The van der Waals surface area contributed by atoms with Gasteiger partial charge in [0.2, 0.25) is 0 Å². The number of hydrogen-bond donors (Lipinski definition) is 1. The number of nitrogens with zero attached hydrogens (tertiary/aromatic N) is 2. The second-order valence-corrected chi connectivity index (χ2v) is 6.87. The Kier molecular flexibility index (Phi) is 4.49. The lowest BCUT2D eigenvalue weighted by Gasteiger charge is -2.29. The Hall–Kier alpha value is -1.65. The Balaban J connectivity index is 2.12. The third-order valence-electron chi connectivity index (χ3n) is 4.36. The van der Waals surface area contributed by atoms with Gasteiger partial charge in [-0.05, 0) is 36.7 Å². The molecule has 0 aliphatic carbocycles. The van der Waals surface area contributed by atoms with Crippen LogP contribution in [0.3, 0.4) is 0 Å². The van der Waals surface area contributed by atoms with E-state index in [-0.39, 0.29) is 22.7 Å². The van der Waals surface area contributed by atoms with Crippen molar-refractivity contribution in [2.45, 2.75) is 40.0 Å². The number of nitrogens with two attached hydrogens (primary N) is 1. The Morgan fingerprint density at radius 2 is 2.10 bits per heavy atom. The minimum absolute atomic E-state index is 0.0954. The maximum atomic E-state index is 13.3. The second-order valence-electron chi connectivity index (χ2n) is 6.87. The third kappa shape index (κ3) is 3.71. The van der Waals surface area contributed by atoms with Crippen LogP contribution in [0.15, 0.2) is 12.3 Å². The molecular formula is C16H24FN3O. The first-order valence-corrected chi connectivity index (χ1v) is 7.49. The normalized spacial score (nSPS) is 20.2. The topological polar surface area (TPSA) is 59.2 Å². The summed E-state index contributed by atoms with van der Waals surface area (Å²) in [7, 11) is 0. The Labute approximate surface area is 125 Å². The van der Waals surface area contributed by atoms with Crippen LogP contribution >= 0.6 is 0 Å². The van der Waals surface area contributed by atoms with Crippen LogP contribution in [0.4, 0.5) is 10.2 Å². The maximum absolute atomic E-state index is 13.3. The minimum atomic E-state index is -0.532. The summed E-state index contributed by atoms with van der Waals surface area (Å²) in [6.07, 6.45) is 4.09. The van der Waals surface area contributed by atoms with E-state index in [1.165, 1.54) is 6.07 Å². The fourth-order valence-corrected chi connectivity index (χ4v) is 2.96. The molecule has 0 radical (unpaired) electrons. The molecule has 1 aliphatic heterocycles. The van der Waals surface area contributed by atoms with E-state index in [1.807, 2.05) is 0 Å². The summed E-state index contributed by atoms with van der Waals surface area (Å²) in [5.74, 6) is -0.0553. The zero-order valence-electron chi connectivity index (χ0n) is 13.0. The lowest BCUT2D eigenvalue weighted by Crippen LogP contribution is -2.33. The number of hydrogen-bond acceptors (Lipinski definition) is 3. The minimum Gasteiger partial charge on any atom is -0.383 e. The summed E-state index contributed by atoms with van der Waals surface area (Å²) < 4.78 is 13.3. The molecule has 1 aliphatic rings. The molecule has 1 unspecified atom stereocenters. The third-order valence-corrected chi connectivity index (χ3v) is 4.36. The molecule has 2 heterocycles. The molecule has 1 aromatic rings. The number of nitrogen functional groups attached to an aromatic ring is 1. The van der Waals surface area contributed by atoms with Crippen LogP contribution in [0.2, 0.25) is 0 Å². The van der Waals surface area contributed by atoms with Crippen LogP contribution in [0, 0.1) is 17.2 Å². The van der Waals surface area contributed by atoms with Crippen LogP contribution in [0.25, 0.3) is 0 Å². The first-order valence-electron chi connectivity index (χ1n) is 7.49. The van der Waals surface area contributed by atoms with Gasteiger partial charge in [-0.15, -0.1) is 0 Å². The fourth-order valence-electron chi connectivity index (χ4n) is 2.96. The summed E-state index contributed by atoms with van der Waals surface area (Å²) >= 11 is 0. The van der Waals surface area contributed by atoms with Crippen molar-refractivity contribution < 1.29 is 9.18 Å². The van der Waals surface area contributed by atoms with Gasteiger partial charge in [-0.1, -0.05) is 20.8 Å². The van der Waals surface area contributed by atoms with Crippen LogP contribution in [-0.2, 0) is 0 Å². The average Bonchev–Trinajstić information content (AvgIpc) is 2.66. The molecule has 1 saturated heterocycles. The Bertz CT molecular complexity index is 525. The Morgan fingerprint density at radius 1 is 1.38 bits per heavy atom. The van der Waals surface area contributed by atoms with Gasteiger partial charge in [0.25, 0.3) is 5.91 Å². The van der Waals surface area contributed by atoms with Crippen LogP contribution in [0.1, 0.15) is 50.4 Å². The number of aromatic nitrogens is 1. The SMILES string of the molecule is CC(C)(C)C1CCCN(C(=O)c2cc(F)cnc2N)CC1. The average molecular weight is 293 g/mol. The first kappa shape index (κ1) is 15.7.